The van der Waals surface area contributed by atoms with Crippen LogP contribution in [0.4, 0.5) is 5.69 Å². The number of nitrogens with one attached hydrogen (secondary N) is 2. The highest BCUT2D eigenvalue weighted by atomic mass is 32.2. The third-order valence-corrected chi connectivity index (χ3v) is 10.2. The number of carboxylic acids is 1. The van der Waals surface area contributed by atoms with Crippen LogP contribution in [-0.4, -0.2) is 115 Å². The molecule has 0 saturated carbocycles. The number of sulfonamides is 1. The van der Waals surface area contributed by atoms with Crippen molar-refractivity contribution in [3.63, 3.8) is 0 Å². The van der Waals surface area contributed by atoms with Crippen LogP contribution in [0.15, 0.2) is 83.8 Å². The van der Waals surface area contributed by atoms with E-state index >= 15 is 0 Å². The maximum atomic E-state index is 13.5. The van der Waals surface area contributed by atoms with Crippen LogP contribution in [0.5, 0.6) is 0 Å². The highest BCUT2D eigenvalue weighted by molar-refractivity contribution is 7.88. The van der Waals surface area contributed by atoms with Gasteiger partial charge in [0.15, 0.2) is 0 Å². The number of rotatable bonds is 8. The molecular formula is C31H36N6O9S2. The van der Waals surface area contributed by atoms with Gasteiger partial charge in [0, 0.05) is 55.6 Å². The number of nitrogen functional groups attached to an aromatic ring is 1. The van der Waals surface area contributed by atoms with Crippen molar-refractivity contribution in [1.82, 2.24) is 14.1 Å². The molecule has 0 unspecified atom stereocenters. The molecule has 0 aromatic heterocycles. The number of aromatic carboxylic acids is 1. The summed E-state index contributed by atoms with van der Waals surface area (Å²) in [6, 6.07) is 18.5. The Bertz CT molecular complexity index is 1860. The van der Waals surface area contributed by atoms with E-state index in [1.54, 1.807) is 42.5 Å². The Labute approximate surface area is 278 Å². The third-order valence-electron chi connectivity index (χ3n) is 7.98. The normalized spacial score (nSPS) is 18.8. The van der Waals surface area contributed by atoms with E-state index in [-0.39, 0.29) is 34.8 Å². The van der Waals surface area contributed by atoms with Crippen LogP contribution < -0.4 is 11.1 Å². The number of hydrogen-bond donors (Lipinski definition) is 5. The first kappa shape index (κ1) is 36.2. The lowest BCUT2D eigenvalue weighted by Crippen LogP contribution is -2.52. The number of amides is 2. The Morgan fingerprint density at radius 2 is 1.38 bits per heavy atom. The van der Waals surface area contributed by atoms with E-state index in [1.807, 2.05) is 0 Å². The number of anilines is 1. The van der Waals surface area contributed by atoms with Crippen LogP contribution in [-0.2, 0) is 24.9 Å². The smallest absolute Gasteiger partial charge is 0.335 e. The van der Waals surface area contributed by atoms with Gasteiger partial charge in [-0.05, 0) is 55.0 Å². The number of likely N-dealkylation sites (tertiary alicyclic amines) is 1. The lowest BCUT2D eigenvalue weighted by atomic mass is 10.1. The largest absolute Gasteiger partial charge is 0.478 e. The summed E-state index contributed by atoms with van der Waals surface area (Å²) in [5.41, 5.74) is 6.83. The molecule has 2 heterocycles. The molecule has 15 nitrogen and oxygen atoms in total. The quantitative estimate of drug-likeness (QED) is 0.128. The number of carbonyl (C=O) groups is 3. The van der Waals surface area contributed by atoms with Crippen LogP contribution in [0, 0.1) is 5.41 Å². The molecule has 0 bridgehead atoms. The number of amidine groups is 1. The highest BCUT2D eigenvalue weighted by Crippen LogP contribution is 2.27. The fourth-order valence-electron chi connectivity index (χ4n) is 5.42. The van der Waals surface area contributed by atoms with Crippen molar-refractivity contribution in [3.8, 4) is 0 Å². The van der Waals surface area contributed by atoms with E-state index in [9.17, 15) is 31.2 Å². The number of nitrogens with zero attached hydrogens (tertiary/aromatic N) is 3. The predicted octanol–water partition coefficient (Wildman–Crippen LogP) is 1.40. The summed E-state index contributed by atoms with van der Waals surface area (Å²) in [6.07, 6.45) is 1.54. The van der Waals surface area contributed by atoms with Gasteiger partial charge in [-0.3, -0.25) is 24.5 Å². The molecule has 2 atom stereocenters. The van der Waals surface area contributed by atoms with E-state index < -0.39 is 38.1 Å². The van der Waals surface area contributed by atoms with Crippen LogP contribution in [0.3, 0.4) is 0 Å². The summed E-state index contributed by atoms with van der Waals surface area (Å²) in [5.74, 6) is -1.95. The van der Waals surface area contributed by atoms with E-state index in [1.165, 1.54) is 51.9 Å². The molecule has 5 rings (SSSR count). The zero-order valence-corrected chi connectivity index (χ0v) is 27.5. The number of piperazine rings is 1. The lowest BCUT2D eigenvalue weighted by molar-refractivity contribution is -0.119. The minimum absolute atomic E-state index is 0.0741. The molecule has 3 aromatic rings. The first-order valence-electron chi connectivity index (χ1n) is 14.7. The van der Waals surface area contributed by atoms with Crippen molar-refractivity contribution in [2.24, 2.45) is 5.73 Å². The van der Waals surface area contributed by atoms with Gasteiger partial charge in [0.1, 0.15) is 11.9 Å². The van der Waals surface area contributed by atoms with E-state index in [0.29, 0.717) is 49.4 Å². The van der Waals surface area contributed by atoms with Gasteiger partial charge >= 0.3 is 5.97 Å². The summed E-state index contributed by atoms with van der Waals surface area (Å²) in [6.45, 7) is 1.92. The Morgan fingerprint density at radius 1 is 0.833 bits per heavy atom. The topological polar surface area (TPSA) is 232 Å². The molecule has 6 N–H and O–H groups in total. The Hall–Kier alpha value is -4.68. The molecule has 2 amide bonds. The highest BCUT2D eigenvalue weighted by Gasteiger charge is 2.43. The van der Waals surface area contributed by atoms with Crippen molar-refractivity contribution in [2.75, 3.05) is 44.3 Å². The SMILES string of the molecule is CS(=O)(=O)N1CCN([C@H]2C[C@@H](C(=O)Nc3ccc(C(=O)O)cc3)N(C(=O)c3ccc(C(=N)N)cc3)C2)CC1.O=S(=O)(O)c1ccccc1. The van der Waals surface area contributed by atoms with Gasteiger partial charge < -0.3 is 21.1 Å². The molecule has 3 aromatic carbocycles. The standard InChI is InChI=1S/C25H30N6O6S.C6H6O3S/c1-38(36,37)30-12-10-29(11-13-30)20-14-21(23(32)28-19-8-6-18(7-9-19)25(34)35)31(15-20)24(33)17-4-2-16(3-5-17)22(26)27;7-10(8,9)6-4-2-1-3-5-6/h2-9,20-21H,10-15H2,1H3,(H3,26,27)(H,28,32)(H,34,35);1-5H,(H,7,8,9)/t20-,21-;/m0./s1. The van der Waals surface area contributed by atoms with E-state index in [2.05, 4.69) is 10.2 Å². The van der Waals surface area contributed by atoms with Gasteiger partial charge in [-0.25, -0.2) is 13.2 Å². The number of hydrogen-bond acceptors (Lipinski definition) is 9. The van der Waals surface area contributed by atoms with Crippen molar-refractivity contribution in [1.29, 1.82) is 5.41 Å². The van der Waals surface area contributed by atoms with Crippen LogP contribution in [0.25, 0.3) is 0 Å². The van der Waals surface area contributed by atoms with Crippen LogP contribution in [0.2, 0.25) is 0 Å². The van der Waals surface area contributed by atoms with E-state index in [4.69, 9.17) is 20.8 Å². The third kappa shape index (κ3) is 9.23. The minimum atomic E-state index is -4.00. The first-order chi connectivity index (χ1) is 22.5. The van der Waals surface area contributed by atoms with Gasteiger partial charge in [-0.1, -0.05) is 30.3 Å². The summed E-state index contributed by atoms with van der Waals surface area (Å²) >= 11 is 0. The number of carbonyl (C=O) groups excluding carboxylic acids is 2. The first-order valence-corrected chi connectivity index (χ1v) is 17.9. The Morgan fingerprint density at radius 3 is 1.85 bits per heavy atom. The number of carboxylic acid groups (broad SMARTS) is 1. The molecular weight excluding hydrogens is 665 g/mol. The predicted molar refractivity (Wildman–Crippen MR) is 177 cm³/mol. The molecule has 0 radical (unpaired) electrons. The van der Waals surface area contributed by atoms with Crippen molar-refractivity contribution < 1.29 is 40.9 Å². The average molecular weight is 701 g/mol. The molecule has 2 saturated heterocycles. The molecule has 0 spiro atoms. The lowest BCUT2D eigenvalue weighted by Gasteiger charge is -2.36. The number of nitrogens with two attached hydrogens (primary N) is 1. The zero-order chi connectivity index (χ0) is 35.2. The monoisotopic (exact) mass is 700 g/mol. The molecule has 2 aliphatic rings. The second kappa shape index (κ2) is 15.0. The molecule has 256 valence electrons. The van der Waals surface area contributed by atoms with Crippen LogP contribution >= 0.6 is 0 Å². The molecule has 0 aliphatic carbocycles. The Balaban J connectivity index is 0.000000445. The Kier molecular flexibility index (Phi) is 11.3. The number of benzene rings is 3. The summed E-state index contributed by atoms with van der Waals surface area (Å²) in [7, 11) is -7.30. The summed E-state index contributed by atoms with van der Waals surface area (Å²) < 4.78 is 54.5. The van der Waals surface area contributed by atoms with Gasteiger partial charge in [-0.2, -0.15) is 12.7 Å². The summed E-state index contributed by atoms with van der Waals surface area (Å²) in [4.78, 5) is 41.5. The fraction of sp³-hybridized carbons (Fsp3) is 0.290. The van der Waals surface area contributed by atoms with Gasteiger partial charge in [0.2, 0.25) is 15.9 Å². The van der Waals surface area contributed by atoms with Gasteiger partial charge in [-0.15, -0.1) is 0 Å². The van der Waals surface area contributed by atoms with Crippen molar-refractivity contribution >= 4 is 49.4 Å². The van der Waals surface area contributed by atoms with Crippen LogP contribution in [0.1, 0.15) is 32.7 Å². The molecule has 2 fully saturated rings. The maximum Gasteiger partial charge on any atom is 0.335 e. The zero-order valence-electron chi connectivity index (χ0n) is 25.9. The fourth-order valence-corrected chi connectivity index (χ4v) is 6.75. The molecule has 17 heteroatoms. The van der Waals surface area contributed by atoms with Gasteiger partial charge in [0.25, 0.3) is 16.0 Å². The van der Waals surface area contributed by atoms with E-state index in [0.717, 1.165) is 0 Å². The second-order valence-corrected chi connectivity index (χ2v) is 14.6. The molecule has 48 heavy (non-hydrogen) atoms. The molecule has 2 aliphatic heterocycles. The van der Waals surface area contributed by atoms with Crippen molar-refractivity contribution in [2.45, 2.75) is 23.4 Å². The second-order valence-electron chi connectivity index (χ2n) is 11.2. The van der Waals surface area contributed by atoms with Gasteiger partial charge in [0.05, 0.1) is 16.7 Å². The average Bonchev–Trinajstić information content (AvgIpc) is 3.51. The minimum Gasteiger partial charge on any atom is -0.478 e. The summed E-state index contributed by atoms with van der Waals surface area (Å²) in [5, 5.41) is 19.4. The van der Waals surface area contributed by atoms with Crippen molar-refractivity contribution in [3.05, 3.63) is 95.6 Å². The maximum absolute atomic E-state index is 13.5.